The monoisotopic (exact) mass is 225 g/mol. The predicted molar refractivity (Wildman–Crippen MR) is 61.5 cm³/mol. The molecule has 0 N–H and O–H groups in total. The van der Waals surface area contributed by atoms with Gasteiger partial charge < -0.3 is 9.15 Å². The molecule has 16 heavy (non-hydrogen) atoms. The van der Waals surface area contributed by atoms with Gasteiger partial charge >= 0.3 is 0 Å². The van der Waals surface area contributed by atoms with E-state index in [2.05, 4.69) is 18.7 Å². The molecule has 0 fully saturated rings. The van der Waals surface area contributed by atoms with E-state index in [1.54, 1.807) is 13.2 Å². The van der Waals surface area contributed by atoms with E-state index in [4.69, 9.17) is 9.15 Å². The third kappa shape index (κ3) is 3.47. The SMILES string of the molecule is CCN(Cc1ccc(C=O)o1)C(C)COC. The average molecular weight is 225 g/mol. The summed E-state index contributed by atoms with van der Waals surface area (Å²) in [7, 11) is 1.70. The number of ether oxygens (including phenoxy) is 1. The zero-order valence-corrected chi connectivity index (χ0v) is 10.1. The van der Waals surface area contributed by atoms with Crippen LogP contribution in [0.2, 0.25) is 0 Å². The number of hydrogen-bond donors (Lipinski definition) is 0. The first kappa shape index (κ1) is 12.9. The zero-order valence-electron chi connectivity index (χ0n) is 10.1. The highest BCUT2D eigenvalue weighted by molar-refractivity contribution is 5.70. The van der Waals surface area contributed by atoms with Crippen molar-refractivity contribution >= 4 is 6.29 Å². The number of nitrogens with zero attached hydrogens (tertiary/aromatic N) is 1. The minimum Gasteiger partial charge on any atom is -0.457 e. The van der Waals surface area contributed by atoms with E-state index >= 15 is 0 Å². The van der Waals surface area contributed by atoms with Crippen LogP contribution in [-0.2, 0) is 11.3 Å². The molecule has 1 atom stereocenters. The molecule has 1 rings (SSSR count). The standard InChI is InChI=1S/C12H19NO3/c1-4-13(10(2)9-15-3)7-11-5-6-12(8-14)16-11/h5-6,8,10H,4,7,9H2,1-3H3. The Morgan fingerprint density at radius 2 is 2.31 bits per heavy atom. The third-order valence-electron chi connectivity index (χ3n) is 2.59. The van der Waals surface area contributed by atoms with Crippen molar-refractivity contribution in [3.63, 3.8) is 0 Å². The highest BCUT2D eigenvalue weighted by atomic mass is 16.5. The van der Waals surface area contributed by atoms with Crippen LogP contribution < -0.4 is 0 Å². The highest BCUT2D eigenvalue weighted by Gasteiger charge is 2.13. The molecule has 0 aliphatic rings. The van der Waals surface area contributed by atoms with E-state index in [9.17, 15) is 4.79 Å². The number of methoxy groups -OCH3 is 1. The van der Waals surface area contributed by atoms with E-state index in [1.807, 2.05) is 6.07 Å². The fourth-order valence-corrected chi connectivity index (χ4v) is 1.67. The van der Waals surface area contributed by atoms with Gasteiger partial charge in [0, 0.05) is 13.2 Å². The van der Waals surface area contributed by atoms with Gasteiger partial charge in [-0.05, 0) is 25.6 Å². The molecule has 1 unspecified atom stereocenters. The van der Waals surface area contributed by atoms with Gasteiger partial charge in [0.1, 0.15) is 5.76 Å². The second-order valence-corrected chi connectivity index (χ2v) is 3.79. The molecule has 0 amide bonds. The first-order chi connectivity index (χ1) is 7.71. The molecule has 0 aromatic carbocycles. The Morgan fingerprint density at radius 1 is 1.56 bits per heavy atom. The summed E-state index contributed by atoms with van der Waals surface area (Å²) in [6.07, 6.45) is 0.721. The van der Waals surface area contributed by atoms with Crippen molar-refractivity contribution in [1.82, 2.24) is 4.90 Å². The summed E-state index contributed by atoms with van der Waals surface area (Å²) in [5.41, 5.74) is 0. The molecule has 1 aromatic rings. The Kier molecular flexibility index (Phi) is 5.22. The van der Waals surface area contributed by atoms with Crippen molar-refractivity contribution in [3.8, 4) is 0 Å². The van der Waals surface area contributed by atoms with E-state index in [0.717, 1.165) is 18.6 Å². The van der Waals surface area contributed by atoms with Crippen molar-refractivity contribution in [2.45, 2.75) is 26.4 Å². The van der Waals surface area contributed by atoms with Gasteiger partial charge in [-0.2, -0.15) is 0 Å². The summed E-state index contributed by atoms with van der Waals surface area (Å²) in [6.45, 7) is 6.51. The molecular formula is C12H19NO3. The maximum absolute atomic E-state index is 10.5. The van der Waals surface area contributed by atoms with Crippen LogP contribution >= 0.6 is 0 Å². The Balaban J connectivity index is 2.58. The third-order valence-corrected chi connectivity index (χ3v) is 2.59. The lowest BCUT2D eigenvalue weighted by molar-refractivity contribution is 0.0927. The number of aldehydes is 1. The molecule has 4 nitrogen and oxygen atoms in total. The summed E-state index contributed by atoms with van der Waals surface area (Å²) in [6, 6.07) is 3.86. The van der Waals surface area contributed by atoms with Crippen LogP contribution in [-0.4, -0.2) is 37.5 Å². The Labute approximate surface area is 96.2 Å². The fraction of sp³-hybridized carbons (Fsp3) is 0.583. The minimum atomic E-state index is 0.333. The molecule has 0 radical (unpaired) electrons. The minimum absolute atomic E-state index is 0.333. The van der Waals surface area contributed by atoms with Crippen LogP contribution in [0.1, 0.15) is 30.2 Å². The highest BCUT2D eigenvalue weighted by Crippen LogP contribution is 2.11. The van der Waals surface area contributed by atoms with Gasteiger partial charge in [0.2, 0.25) is 0 Å². The molecule has 0 saturated heterocycles. The van der Waals surface area contributed by atoms with Gasteiger partial charge in [-0.1, -0.05) is 6.92 Å². The predicted octanol–water partition coefficient (Wildman–Crippen LogP) is 1.95. The number of carbonyl (C=O) groups excluding carboxylic acids is 1. The normalized spacial score (nSPS) is 13.0. The first-order valence-corrected chi connectivity index (χ1v) is 5.48. The van der Waals surface area contributed by atoms with Gasteiger partial charge in [-0.15, -0.1) is 0 Å². The van der Waals surface area contributed by atoms with Crippen molar-refractivity contribution < 1.29 is 13.9 Å². The molecule has 1 aromatic heterocycles. The zero-order chi connectivity index (χ0) is 12.0. The van der Waals surface area contributed by atoms with E-state index in [0.29, 0.717) is 25.0 Å². The Morgan fingerprint density at radius 3 is 2.81 bits per heavy atom. The number of likely N-dealkylation sites (N-methyl/N-ethyl adjacent to an activating group) is 1. The number of rotatable bonds is 7. The number of hydrogen-bond acceptors (Lipinski definition) is 4. The summed E-state index contributed by atoms with van der Waals surface area (Å²) >= 11 is 0. The van der Waals surface area contributed by atoms with E-state index in [1.165, 1.54) is 0 Å². The lowest BCUT2D eigenvalue weighted by atomic mass is 10.2. The summed E-state index contributed by atoms with van der Waals surface area (Å²) in [4.78, 5) is 12.7. The lowest BCUT2D eigenvalue weighted by Crippen LogP contribution is -2.35. The first-order valence-electron chi connectivity index (χ1n) is 5.48. The second kappa shape index (κ2) is 6.45. The van der Waals surface area contributed by atoms with E-state index < -0.39 is 0 Å². The smallest absolute Gasteiger partial charge is 0.185 e. The summed E-state index contributed by atoms with van der Waals surface area (Å²) in [5, 5.41) is 0. The molecule has 4 heteroatoms. The number of furan rings is 1. The molecule has 0 aliphatic carbocycles. The van der Waals surface area contributed by atoms with Gasteiger partial charge in [0.25, 0.3) is 0 Å². The summed E-state index contributed by atoms with van der Waals surface area (Å²) < 4.78 is 10.5. The molecule has 0 saturated carbocycles. The van der Waals surface area contributed by atoms with Crippen molar-refractivity contribution in [2.75, 3.05) is 20.3 Å². The van der Waals surface area contributed by atoms with Crippen molar-refractivity contribution in [3.05, 3.63) is 23.7 Å². The molecule has 0 aliphatic heterocycles. The van der Waals surface area contributed by atoms with Crippen LogP contribution in [0.3, 0.4) is 0 Å². The van der Waals surface area contributed by atoms with Gasteiger partial charge in [-0.3, -0.25) is 9.69 Å². The van der Waals surface area contributed by atoms with Crippen LogP contribution in [0.5, 0.6) is 0 Å². The largest absolute Gasteiger partial charge is 0.457 e. The maximum atomic E-state index is 10.5. The fourth-order valence-electron chi connectivity index (χ4n) is 1.67. The quantitative estimate of drug-likeness (QED) is 0.665. The Hall–Kier alpha value is -1.13. The van der Waals surface area contributed by atoms with Gasteiger partial charge in [-0.25, -0.2) is 0 Å². The number of carbonyl (C=O) groups is 1. The maximum Gasteiger partial charge on any atom is 0.185 e. The lowest BCUT2D eigenvalue weighted by Gasteiger charge is -2.26. The summed E-state index contributed by atoms with van der Waals surface area (Å²) in [5.74, 6) is 1.19. The van der Waals surface area contributed by atoms with Crippen molar-refractivity contribution in [1.29, 1.82) is 0 Å². The van der Waals surface area contributed by atoms with E-state index in [-0.39, 0.29) is 0 Å². The van der Waals surface area contributed by atoms with Crippen LogP contribution in [0.25, 0.3) is 0 Å². The molecule has 0 bridgehead atoms. The van der Waals surface area contributed by atoms with Crippen LogP contribution in [0.15, 0.2) is 16.5 Å². The topological polar surface area (TPSA) is 42.7 Å². The second-order valence-electron chi connectivity index (χ2n) is 3.79. The molecule has 0 spiro atoms. The molecule has 1 heterocycles. The molecule has 90 valence electrons. The van der Waals surface area contributed by atoms with Crippen LogP contribution in [0, 0.1) is 0 Å². The van der Waals surface area contributed by atoms with Gasteiger partial charge in [0.15, 0.2) is 12.0 Å². The van der Waals surface area contributed by atoms with Gasteiger partial charge in [0.05, 0.1) is 13.2 Å². The molecular weight excluding hydrogens is 206 g/mol. The average Bonchev–Trinajstić information content (AvgIpc) is 2.73. The van der Waals surface area contributed by atoms with Crippen LogP contribution in [0.4, 0.5) is 0 Å². The van der Waals surface area contributed by atoms with Crippen molar-refractivity contribution in [2.24, 2.45) is 0 Å². The Bertz CT molecular complexity index is 322.